The molecule has 0 unspecified atom stereocenters. The number of likely N-dealkylation sites (tertiary alicyclic amines) is 1. The molecule has 38 heavy (non-hydrogen) atoms. The van der Waals surface area contributed by atoms with Gasteiger partial charge in [-0.1, -0.05) is 121 Å². The van der Waals surface area contributed by atoms with Gasteiger partial charge in [-0.15, -0.1) is 6.42 Å². The van der Waals surface area contributed by atoms with Crippen molar-refractivity contribution < 1.29 is 35.8 Å². The summed E-state index contributed by atoms with van der Waals surface area (Å²) in [6.07, 6.45) is 13.1. The van der Waals surface area contributed by atoms with Crippen molar-refractivity contribution in [3.8, 4) is 11.1 Å². The van der Waals surface area contributed by atoms with Crippen LogP contribution in [0.2, 0.25) is 0 Å². The molecule has 2 aromatic rings. The molecule has 1 heterocycles. The Hall–Kier alpha value is -1.77. The summed E-state index contributed by atoms with van der Waals surface area (Å²) < 4.78 is 0. The van der Waals surface area contributed by atoms with Crippen LogP contribution in [0.1, 0.15) is 98.5 Å². The molecule has 3 rings (SSSR count). The molecule has 0 bridgehead atoms. The zero-order valence-electron chi connectivity index (χ0n) is 24.9. The molecular formula is C33H53NO3W. The summed E-state index contributed by atoms with van der Waals surface area (Å²) in [6.45, 7) is 15.7. The number of benzene rings is 2. The Morgan fingerprint density at radius 3 is 1.92 bits per heavy atom. The summed E-state index contributed by atoms with van der Waals surface area (Å²) in [5.74, 6) is -0.662. The van der Waals surface area contributed by atoms with Gasteiger partial charge in [-0.05, 0) is 43.6 Å². The maximum absolute atomic E-state index is 10.4. The molecular weight excluding hydrogens is 642 g/mol. The number of rotatable bonds is 11. The maximum atomic E-state index is 10.4. The SMILES string of the molecule is CC.CC.CC.O=C(O)CCCCCCCN1CC[CH-]CC1.O=[C-]Cc1ccccc1-c1ccccc1.[W+2]. The van der Waals surface area contributed by atoms with Gasteiger partial charge < -0.3 is 21.2 Å². The first-order valence-corrected chi connectivity index (χ1v) is 14.4. The van der Waals surface area contributed by atoms with Crippen LogP contribution in [0, 0.1) is 6.42 Å². The molecule has 1 N–H and O–H groups in total. The minimum absolute atomic E-state index is 0. The zero-order chi connectivity index (χ0) is 28.2. The molecule has 1 aliphatic heterocycles. The average molecular weight is 696 g/mol. The van der Waals surface area contributed by atoms with Gasteiger partial charge in [-0.2, -0.15) is 12.8 Å². The molecule has 4 nitrogen and oxygen atoms in total. The van der Waals surface area contributed by atoms with Crippen molar-refractivity contribution >= 4 is 12.3 Å². The Morgan fingerprint density at radius 1 is 0.816 bits per heavy atom. The maximum Gasteiger partial charge on any atom is 2.00 e. The molecule has 0 saturated carbocycles. The molecule has 5 heteroatoms. The predicted molar refractivity (Wildman–Crippen MR) is 161 cm³/mol. The van der Waals surface area contributed by atoms with Crippen LogP contribution in [0.4, 0.5) is 0 Å². The number of carboxylic acid groups (broad SMARTS) is 1. The molecule has 0 radical (unpaired) electrons. The van der Waals surface area contributed by atoms with E-state index in [4.69, 9.17) is 5.11 Å². The topological polar surface area (TPSA) is 57.6 Å². The van der Waals surface area contributed by atoms with Gasteiger partial charge >= 0.3 is 27.0 Å². The second-order valence-electron chi connectivity index (χ2n) is 7.96. The molecule has 1 saturated heterocycles. The summed E-state index contributed by atoms with van der Waals surface area (Å²) in [5, 5.41) is 8.48. The number of unbranched alkanes of at least 4 members (excludes halogenated alkanes) is 4. The van der Waals surface area contributed by atoms with Crippen LogP contribution in [-0.2, 0) is 37.1 Å². The molecule has 0 amide bonds. The second-order valence-corrected chi connectivity index (χ2v) is 7.96. The average Bonchev–Trinajstić information content (AvgIpc) is 2.97. The molecule has 0 aromatic heterocycles. The Kier molecular flexibility index (Phi) is 33.7. The minimum Gasteiger partial charge on any atom is -0.541 e. The van der Waals surface area contributed by atoms with Crippen LogP contribution in [0.5, 0.6) is 0 Å². The van der Waals surface area contributed by atoms with Crippen LogP contribution in [0.25, 0.3) is 11.1 Å². The van der Waals surface area contributed by atoms with Crippen molar-refractivity contribution in [2.45, 2.75) is 99.3 Å². The summed E-state index contributed by atoms with van der Waals surface area (Å²) in [7, 11) is 0. The summed E-state index contributed by atoms with van der Waals surface area (Å²) in [6, 6.07) is 18.0. The number of hydrogen-bond acceptors (Lipinski definition) is 3. The van der Waals surface area contributed by atoms with E-state index >= 15 is 0 Å². The van der Waals surface area contributed by atoms with Crippen molar-refractivity contribution in [2.24, 2.45) is 0 Å². The van der Waals surface area contributed by atoms with E-state index in [1.807, 2.05) is 102 Å². The van der Waals surface area contributed by atoms with Crippen molar-refractivity contribution in [3.63, 3.8) is 0 Å². The van der Waals surface area contributed by atoms with Crippen LogP contribution in [-0.4, -0.2) is 41.9 Å². The number of nitrogens with zero attached hydrogens (tertiary/aromatic N) is 1. The molecule has 1 fully saturated rings. The number of hydrogen-bond donors (Lipinski definition) is 1. The quantitative estimate of drug-likeness (QED) is 0.189. The monoisotopic (exact) mass is 695 g/mol. The Labute approximate surface area is 248 Å². The van der Waals surface area contributed by atoms with E-state index in [1.54, 1.807) is 0 Å². The van der Waals surface area contributed by atoms with Crippen LogP contribution < -0.4 is 0 Å². The first-order valence-electron chi connectivity index (χ1n) is 14.4. The first-order chi connectivity index (χ1) is 18.2. The number of aliphatic carboxylic acids is 1. The molecule has 1 aliphatic rings. The minimum atomic E-state index is -0.662. The van der Waals surface area contributed by atoms with Crippen LogP contribution in [0.15, 0.2) is 54.6 Å². The van der Waals surface area contributed by atoms with Gasteiger partial charge in [0, 0.05) is 6.42 Å². The first kappa shape index (κ1) is 40.7. The third kappa shape index (κ3) is 21.2. The largest absolute Gasteiger partial charge is 2.00 e. The fourth-order valence-corrected chi connectivity index (χ4v) is 3.82. The predicted octanol–water partition coefficient (Wildman–Crippen LogP) is 8.79. The van der Waals surface area contributed by atoms with Gasteiger partial charge in [0.2, 0.25) is 0 Å². The van der Waals surface area contributed by atoms with Crippen LogP contribution >= 0.6 is 0 Å². The van der Waals surface area contributed by atoms with E-state index in [0.29, 0.717) is 12.8 Å². The van der Waals surface area contributed by atoms with Gasteiger partial charge in [0.25, 0.3) is 0 Å². The molecule has 0 atom stereocenters. The van der Waals surface area contributed by atoms with E-state index in [1.165, 1.54) is 51.7 Å². The number of carboxylic acids is 1. The summed E-state index contributed by atoms with van der Waals surface area (Å²) in [5.41, 5.74) is 3.28. The van der Waals surface area contributed by atoms with Gasteiger partial charge in [-0.25, -0.2) is 0 Å². The molecule has 214 valence electrons. The third-order valence-corrected chi connectivity index (χ3v) is 5.53. The van der Waals surface area contributed by atoms with Crippen molar-refractivity contribution in [2.75, 3.05) is 19.6 Å². The smallest absolute Gasteiger partial charge is 0.541 e. The summed E-state index contributed by atoms with van der Waals surface area (Å²) >= 11 is 0. The second kappa shape index (κ2) is 31.4. The van der Waals surface area contributed by atoms with Gasteiger partial charge in [-0.3, -0.25) is 11.1 Å². The van der Waals surface area contributed by atoms with E-state index in [-0.39, 0.29) is 21.1 Å². The van der Waals surface area contributed by atoms with Crippen molar-refractivity contribution in [3.05, 3.63) is 66.6 Å². The van der Waals surface area contributed by atoms with E-state index in [9.17, 15) is 9.59 Å². The van der Waals surface area contributed by atoms with E-state index in [0.717, 1.165) is 29.5 Å². The Morgan fingerprint density at radius 2 is 1.34 bits per heavy atom. The van der Waals surface area contributed by atoms with E-state index < -0.39 is 5.97 Å². The fraction of sp³-hybridized carbons (Fsp3) is 0.545. The third-order valence-electron chi connectivity index (χ3n) is 5.53. The van der Waals surface area contributed by atoms with Gasteiger partial charge in [0.15, 0.2) is 0 Å². The Balaban J connectivity index is -0.000000527. The molecule has 0 aliphatic carbocycles. The van der Waals surface area contributed by atoms with E-state index in [2.05, 4.69) is 11.3 Å². The normalized spacial score (nSPS) is 11.7. The zero-order valence-corrected chi connectivity index (χ0v) is 27.8. The van der Waals surface area contributed by atoms with Crippen molar-refractivity contribution in [1.82, 2.24) is 4.90 Å². The number of carbonyl (C=O) groups is 1. The standard InChI is InChI=1S/C14H11O.C13H24NO2.3C2H6.W/c15-11-10-13-8-4-5-9-14(13)12-6-2-1-3-7-12;15-13(16)9-5-2-1-3-6-10-14-11-7-4-8-12-14;3*1-2;/h1-9H,10H2;4H,1-3,5-12H2,(H,15,16);3*1-2H3;/q2*-1;;;;+2. The summed E-state index contributed by atoms with van der Waals surface area (Å²) in [4.78, 5) is 23.3. The number of carbonyl (C=O) groups excluding carboxylic acids is 1. The number of piperidine rings is 1. The molecule has 2 aromatic carbocycles. The Bertz CT molecular complexity index is 762. The van der Waals surface area contributed by atoms with Gasteiger partial charge in [0.05, 0.1) is 0 Å². The van der Waals surface area contributed by atoms with Crippen molar-refractivity contribution in [1.29, 1.82) is 0 Å². The fourth-order valence-electron chi connectivity index (χ4n) is 3.82. The van der Waals surface area contributed by atoms with Gasteiger partial charge in [0.1, 0.15) is 0 Å². The molecule has 0 spiro atoms. The van der Waals surface area contributed by atoms with Crippen LogP contribution in [0.3, 0.4) is 0 Å².